The second-order valence-electron chi connectivity index (χ2n) is 7.21. The van der Waals surface area contributed by atoms with Crippen molar-refractivity contribution < 1.29 is 9.53 Å². The summed E-state index contributed by atoms with van der Waals surface area (Å²) in [7, 11) is 1.63. The number of rotatable bonds is 6. The lowest BCUT2D eigenvalue weighted by molar-refractivity contribution is -0.130. The van der Waals surface area contributed by atoms with Crippen molar-refractivity contribution in [2.75, 3.05) is 43.5 Å². The van der Waals surface area contributed by atoms with E-state index in [4.69, 9.17) is 4.74 Å². The molecule has 1 saturated heterocycles. The molecule has 0 spiro atoms. The van der Waals surface area contributed by atoms with Crippen molar-refractivity contribution >= 4 is 33.8 Å². The van der Waals surface area contributed by atoms with E-state index in [0.717, 1.165) is 37.6 Å². The molecular weight excluding hydrogens is 398 g/mol. The van der Waals surface area contributed by atoms with Gasteiger partial charge in [0.2, 0.25) is 11.0 Å². The number of nitrogens with zero attached hydrogens (tertiary/aromatic N) is 4. The topological polar surface area (TPSA) is 70.6 Å². The van der Waals surface area contributed by atoms with E-state index in [9.17, 15) is 4.79 Å². The Hall–Kier alpha value is -3.13. The van der Waals surface area contributed by atoms with E-state index >= 15 is 0 Å². The van der Waals surface area contributed by atoms with Crippen LogP contribution in [0.3, 0.4) is 0 Å². The van der Waals surface area contributed by atoms with Crippen LogP contribution in [0.15, 0.2) is 48.5 Å². The molecule has 1 aliphatic rings. The number of aromatic nitrogens is 2. The summed E-state index contributed by atoms with van der Waals surface area (Å²) in [5, 5.41) is 12.9. The highest BCUT2D eigenvalue weighted by molar-refractivity contribution is 7.15. The van der Waals surface area contributed by atoms with Crippen LogP contribution in [0.5, 0.6) is 5.75 Å². The first-order chi connectivity index (χ1) is 14.6. The molecule has 7 nitrogen and oxygen atoms in total. The zero-order valence-electron chi connectivity index (χ0n) is 17.2. The van der Waals surface area contributed by atoms with E-state index in [-0.39, 0.29) is 12.3 Å². The molecule has 1 aliphatic heterocycles. The summed E-state index contributed by atoms with van der Waals surface area (Å²) in [6.07, 6.45) is 0.274. The summed E-state index contributed by atoms with van der Waals surface area (Å²) in [5.74, 6) is 0.829. The Morgan fingerprint density at radius 2 is 1.80 bits per heavy atom. The zero-order chi connectivity index (χ0) is 20.9. The first-order valence-electron chi connectivity index (χ1n) is 9.94. The van der Waals surface area contributed by atoms with Gasteiger partial charge in [-0.15, -0.1) is 10.2 Å². The third kappa shape index (κ3) is 4.71. The molecule has 4 rings (SSSR count). The molecule has 1 amide bonds. The Labute approximate surface area is 180 Å². The van der Waals surface area contributed by atoms with Gasteiger partial charge in [0.05, 0.1) is 19.2 Å². The number of hydrogen-bond donors (Lipinski definition) is 1. The maximum Gasteiger partial charge on any atom is 0.229 e. The van der Waals surface area contributed by atoms with Gasteiger partial charge in [0.1, 0.15) is 10.8 Å². The van der Waals surface area contributed by atoms with Gasteiger partial charge in [-0.1, -0.05) is 41.2 Å². The largest absolute Gasteiger partial charge is 0.495 e. The first-order valence-corrected chi connectivity index (χ1v) is 10.8. The van der Waals surface area contributed by atoms with Crippen molar-refractivity contribution in [2.24, 2.45) is 0 Å². The Morgan fingerprint density at radius 1 is 1.07 bits per heavy atom. The standard InChI is InChI=1S/C22H25N5O2S/c1-16-7-9-17(10-8-16)26-11-13-27(14-12-26)21(28)15-20-24-25-22(30-20)23-18-5-3-4-6-19(18)29-2/h3-10H,11-15H2,1-2H3,(H,23,25). The quantitative estimate of drug-likeness (QED) is 0.655. The third-order valence-corrected chi connectivity index (χ3v) is 5.99. The molecule has 0 unspecified atom stereocenters. The molecule has 0 saturated carbocycles. The number of ether oxygens (including phenoxy) is 1. The van der Waals surface area contributed by atoms with E-state index < -0.39 is 0 Å². The van der Waals surface area contributed by atoms with Crippen molar-refractivity contribution in [1.82, 2.24) is 15.1 Å². The number of para-hydroxylation sites is 2. The van der Waals surface area contributed by atoms with Crippen LogP contribution in [0.2, 0.25) is 0 Å². The van der Waals surface area contributed by atoms with Crippen LogP contribution in [0, 0.1) is 6.92 Å². The smallest absolute Gasteiger partial charge is 0.229 e. The summed E-state index contributed by atoms with van der Waals surface area (Å²) < 4.78 is 5.34. The van der Waals surface area contributed by atoms with Gasteiger partial charge in [-0.2, -0.15) is 0 Å². The van der Waals surface area contributed by atoms with E-state index in [1.54, 1.807) is 7.11 Å². The number of anilines is 3. The van der Waals surface area contributed by atoms with E-state index in [1.807, 2.05) is 29.2 Å². The molecule has 1 N–H and O–H groups in total. The Kier molecular flexibility index (Phi) is 6.13. The molecule has 3 aromatic rings. The minimum Gasteiger partial charge on any atom is -0.495 e. The highest BCUT2D eigenvalue weighted by atomic mass is 32.1. The van der Waals surface area contributed by atoms with Crippen molar-refractivity contribution in [3.05, 3.63) is 59.1 Å². The molecule has 0 atom stereocenters. The highest BCUT2D eigenvalue weighted by Gasteiger charge is 2.22. The fourth-order valence-corrected chi connectivity index (χ4v) is 4.19. The average molecular weight is 424 g/mol. The zero-order valence-corrected chi connectivity index (χ0v) is 18.0. The van der Waals surface area contributed by atoms with Gasteiger partial charge in [-0.05, 0) is 31.2 Å². The van der Waals surface area contributed by atoms with Gasteiger partial charge in [0.25, 0.3) is 0 Å². The molecule has 156 valence electrons. The normalized spacial score (nSPS) is 13.9. The van der Waals surface area contributed by atoms with Crippen molar-refractivity contribution in [2.45, 2.75) is 13.3 Å². The number of nitrogens with one attached hydrogen (secondary N) is 1. The summed E-state index contributed by atoms with van der Waals surface area (Å²) in [6, 6.07) is 16.2. The van der Waals surface area contributed by atoms with Crippen molar-refractivity contribution in [1.29, 1.82) is 0 Å². The number of benzene rings is 2. The number of hydrogen-bond acceptors (Lipinski definition) is 7. The Morgan fingerprint density at radius 3 is 2.53 bits per heavy atom. The summed E-state index contributed by atoms with van der Waals surface area (Å²) in [5.41, 5.74) is 3.29. The molecular formula is C22H25N5O2S. The van der Waals surface area contributed by atoms with Gasteiger partial charge >= 0.3 is 0 Å². The van der Waals surface area contributed by atoms with Crippen LogP contribution >= 0.6 is 11.3 Å². The van der Waals surface area contributed by atoms with Crippen molar-refractivity contribution in [3.8, 4) is 5.75 Å². The van der Waals surface area contributed by atoms with Gasteiger partial charge in [-0.3, -0.25) is 4.79 Å². The molecule has 0 radical (unpaired) electrons. The maximum absolute atomic E-state index is 12.7. The second kappa shape index (κ2) is 9.13. The molecule has 2 aromatic carbocycles. The first kappa shape index (κ1) is 20.2. The average Bonchev–Trinajstić information content (AvgIpc) is 3.21. The van der Waals surface area contributed by atoms with E-state index in [1.165, 1.54) is 22.6 Å². The molecule has 0 bridgehead atoms. The predicted molar refractivity (Wildman–Crippen MR) is 120 cm³/mol. The molecule has 1 fully saturated rings. The molecule has 8 heteroatoms. The number of amides is 1. The monoisotopic (exact) mass is 423 g/mol. The van der Waals surface area contributed by atoms with Gasteiger partial charge in [0, 0.05) is 31.9 Å². The van der Waals surface area contributed by atoms with E-state index in [2.05, 4.69) is 51.6 Å². The molecule has 2 heterocycles. The third-order valence-electron chi connectivity index (χ3n) is 5.15. The maximum atomic E-state index is 12.7. The highest BCUT2D eigenvalue weighted by Crippen LogP contribution is 2.28. The lowest BCUT2D eigenvalue weighted by atomic mass is 10.2. The lowest BCUT2D eigenvalue weighted by Crippen LogP contribution is -2.49. The molecule has 1 aromatic heterocycles. The van der Waals surface area contributed by atoms with Crippen LogP contribution in [-0.2, 0) is 11.2 Å². The Bertz CT molecular complexity index is 997. The number of piperazine rings is 1. The Balaban J connectivity index is 1.31. The molecule has 0 aliphatic carbocycles. The van der Waals surface area contributed by atoms with Crippen LogP contribution in [0.4, 0.5) is 16.5 Å². The van der Waals surface area contributed by atoms with Gasteiger partial charge < -0.3 is 19.9 Å². The summed E-state index contributed by atoms with van der Waals surface area (Å²) in [6.45, 7) is 5.21. The van der Waals surface area contributed by atoms with Gasteiger partial charge in [-0.25, -0.2) is 0 Å². The van der Waals surface area contributed by atoms with Crippen LogP contribution in [0.25, 0.3) is 0 Å². The van der Waals surface area contributed by atoms with E-state index in [0.29, 0.717) is 10.1 Å². The van der Waals surface area contributed by atoms with Crippen LogP contribution in [0.1, 0.15) is 10.6 Å². The fourth-order valence-electron chi connectivity index (χ4n) is 3.45. The number of carbonyl (C=O) groups excluding carboxylic acids is 1. The summed E-state index contributed by atoms with van der Waals surface area (Å²) >= 11 is 1.39. The van der Waals surface area contributed by atoms with Gasteiger partial charge in [0.15, 0.2) is 0 Å². The number of carbonyl (C=O) groups is 1. The second-order valence-corrected chi connectivity index (χ2v) is 8.27. The lowest BCUT2D eigenvalue weighted by Gasteiger charge is -2.36. The number of methoxy groups -OCH3 is 1. The minimum absolute atomic E-state index is 0.0959. The fraction of sp³-hybridized carbons (Fsp3) is 0.318. The predicted octanol–water partition coefficient (Wildman–Crippen LogP) is 3.49. The minimum atomic E-state index is 0.0959. The SMILES string of the molecule is COc1ccccc1Nc1nnc(CC(=O)N2CCN(c3ccc(C)cc3)CC2)s1. The summed E-state index contributed by atoms with van der Waals surface area (Å²) in [4.78, 5) is 17.0. The van der Waals surface area contributed by atoms with Crippen LogP contribution < -0.4 is 15.0 Å². The van der Waals surface area contributed by atoms with Crippen LogP contribution in [-0.4, -0.2) is 54.3 Å². The number of aryl methyl sites for hydroxylation is 1. The van der Waals surface area contributed by atoms with Crippen molar-refractivity contribution in [3.63, 3.8) is 0 Å². The molecule has 30 heavy (non-hydrogen) atoms.